The zero-order valence-corrected chi connectivity index (χ0v) is 14.3. The third-order valence-electron chi connectivity index (χ3n) is 3.43. The quantitative estimate of drug-likeness (QED) is 0.871. The van der Waals surface area contributed by atoms with Crippen LogP contribution in [-0.2, 0) is 21.2 Å². The molecule has 0 bridgehead atoms. The number of carbonyl (C=O) groups is 1. The molecule has 0 aliphatic carbocycles. The molecule has 0 aliphatic rings. The van der Waals surface area contributed by atoms with Crippen LogP contribution in [0.3, 0.4) is 0 Å². The molecule has 5 nitrogen and oxygen atoms in total. The first kappa shape index (κ1) is 17.9. The Balaban J connectivity index is 2.15. The highest BCUT2D eigenvalue weighted by Crippen LogP contribution is 2.19. The van der Waals surface area contributed by atoms with Gasteiger partial charge in [-0.2, -0.15) is 0 Å². The fourth-order valence-electron chi connectivity index (χ4n) is 2.19. The number of carbonyl (C=O) groups excluding carboxylic acids is 1. The molecule has 0 fully saturated rings. The van der Waals surface area contributed by atoms with Gasteiger partial charge in [-0.25, -0.2) is 12.8 Å². The second-order valence-corrected chi connectivity index (χ2v) is 7.25. The molecule has 2 aromatic carbocycles. The van der Waals surface area contributed by atoms with E-state index in [1.807, 2.05) is 19.1 Å². The third-order valence-corrected chi connectivity index (χ3v) is 4.57. The van der Waals surface area contributed by atoms with Crippen molar-refractivity contribution in [3.05, 3.63) is 59.9 Å². The Morgan fingerprint density at radius 3 is 2.38 bits per heavy atom. The summed E-state index contributed by atoms with van der Waals surface area (Å²) in [4.78, 5) is 12.2. The molecule has 1 N–H and O–H groups in total. The van der Waals surface area contributed by atoms with E-state index in [-0.39, 0.29) is 5.69 Å². The summed E-state index contributed by atoms with van der Waals surface area (Å²) in [7, 11) is -3.73. The standard InChI is InChI=1S/C17H19FN2O3S/c1-3-13-7-9-15(10-8-13)19-17(21)12-20(24(2,22)23)16-6-4-5-14(18)11-16/h4-11H,3,12H2,1-2H3,(H,19,21). The molecule has 0 saturated carbocycles. The summed E-state index contributed by atoms with van der Waals surface area (Å²) in [6, 6.07) is 12.4. The SMILES string of the molecule is CCc1ccc(NC(=O)CN(c2cccc(F)c2)S(C)(=O)=O)cc1. The summed E-state index contributed by atoms with van der Waals surface area (Å²) in [5.41, 5.74) is 1.81. The molecule has 0 atom stereocenters. The van der Waals surface area contributed by atoms with E-state index in [9.17, 15) is 17.6 Å². The molecule has 1 amide bonds. The van der Waals surface area contributed by atoms with E-state index in [2.05, 4.69) is 5.32 Å². The molecule has 0 heterocycles. The van der Waals surface area contributed by atoms with E-state index in [0.717, 1.165) is 28.6 Å². The van der Waals surface area contributed by atoms with Gasteiger partial charge in [0.05, 0.1) is 11.9 Å². The highest BCUT2D eigenvalue weighted by molar-refractivity contribution is 7.92. The number of benzene rings is 2. The number of hydrogen-bond donors (Lipinski definition) is 1. The van der Waals surface area contributed by atoms with Crippen LogP contribution in [0.1, 0.15) is 12.5 Å². The van der Waals surface area contributed by atoms with Crippen LogP contribution < -0.4 is 9.62 Å². The molecule has 2 rings (SSSR count). The average molecular weight is 350 g/mol. The van der Waals surface area contributed by atoms with Gasteiger partial charge >= 0.3 is 0 Å². The van der Waals surface area contributed by atoms with Gasteiger partial charge < -0.3 is 5.32 Å². The maximum absolute atomic E-state index is 13.3. The summed E-state index contributed by atoms with van der Waals surface area (Å²) >= 11 is 0. The predicted molar refractivity (Wildman–Crippen MR) is 93.0 cm³/mol. The van der Waals surface area contributed by atoms with Gasteiger partial charge in [0, 0.05) is 5.69 Å². The van der Waals surface area contributed by atoms with Gasteiger partial charge in [0.15, 0.2) is 0 Å². The van der Waals surface area contributed by atoms with E-state index in [1.54, 1.807) is 12.1 Å². The zero-order chi connectivity index (χ0) is 17.7. The maximum atomic E-state index is 13.3. The van der Waals surface area contributed by atoms with E-state index in [1.165, 1.54) is 18.2 Å². The van der Waals surface area contributed by atoms with Crippen LogP contribution >= 0.6 is 0 Å². The Bertz CT molecular complexity index is 820. The fourth-order valence-corrected chi connectivity index (χ4v) is 3.03. The Morgan fingerprint density at radius 1 is 1.17 bits per heavy atom. The number of nitrogens with zero attached hydrogens (tertiary/aromatic N) is 1. The van der Waals surface area contributed by atoms with Crippen LogP contribution in [0.5, 0.6) is 0 Å². The van der Waals surface area contributed by atoms with Crippen LogP contribution in [0.25, 0.3) is 0 Å². The molecular weight excluding hydrogens is 331 g/mol. The van der Waals surface area contributed by atoms with Crippen molar-refractivity contribution in [2.24, 2.45) is 0 Å². The molecule has 2 aromatic rings. The van der Waals surface area contributed by atoms with Crippen molar-refractivity contribution in [1.29, 1.82) is 0 Å². The minimum Gasteiger partial charge on any atom is -0.325 e. The van der Waals surface area contributed by atoms with Crippen LogP contribution in [0.15, 0.2) is 48.5 Å². The van der Waals surface area contributed by atoms with Gasteiger partial charge in [-0.15, -0.1) is 0 Å². The highest BCUT2D eigenvalue weighted by atomic mass is 32.2. The van der Waals surface area contributed by atoms with Crippen LogP contribution in [-0.4, -0.2) is 27.1 Å². The lowest BCUT2D eigenvalue weighted by molar-refractivity contribution is -0.114. The fraction of sp³-hybridized carbons (Fsp3) is 0.235. The smallest absolute Gasteiger partial charge is 0.245 e. The third kappa shape index (κ3) is 4.79. The minimum absolute atomic E-state index is 0.106. The van der Waals surface area contributed by atoms with Crippen molar-refractivity contribution in [2.45, 2.75) is 13.3 Å². The van der Waals surface area contributed by atoms with Crippen LogP contribution in [0, 0.1) is 5.82 Å². The molecular formula is C17H19FN2O3S. The second-order valence-electron chi connectivity index (χ2n) is 5.35. The van der Waals surface area contributed by atoms with Gasteiger partial charge in [-0.05, 0) is 42.3 Å². The van der Waals surface area contributed by atoms with E-state index < -0.39 is 28.3 Å². The molecule has 0 unspecified atom stereocenters. The summed E-state index contributed by atoms with van der Waals surface area (Å²) in [6.07, 6.45) is 1.86. The van der Waals surface area contributed by atoms with Crippen molar-refractivity contribution in [3.8, 4) is 0 Å². The first-order valence-electron chi connectivity index (χ1n) is 7.41. The number of sulfonamides is 1. The zero-order valence-electron chi connectivity index (χ0n) is 13.5. The first-order chi connectivity index (χ1) is 11.3. The monoisotopic (exact) mass is 350 g/mol. The van der Waals surface area contributed by atoms with E-state index in [4.69, 9.17) is 0 Å². The van der Waals surface area contributed by atoms with Gasteiger partial charge in [0.1, 0.15) is 12.4 Å². The van der Waals surface area contributed by atoms with Crippen molar-refractivity contribution in [2.75, 3.05) is 22.4 Å². The summed E-state index contributed by atoms with van der Waals surface area (Å²) < 4.78 is 38.1. The summed E-state index contributed by atoms with van der Waals surface area (Å²) in [5, 5.41) is 2.64. The molecule has 128 valence electrons. The van der Waals surface area contributed by atoms with Crippen molar-refractivity contribution in [3.63, 3.8) is 0 Å². The van der Waals surface area contributed by atoms with Crippen molar-refractivity contribution in [1.82, 2.24) is 0 Å². The lowest BCUT2D eigenvalue weighted by atomic mass is 10.1. The first-order valence-corrected chi connectivity index (χ1v) is 9.26. The molecule has 7 heteroatoms. The van der Waals surface area contributed by atoms with Crippen molar-refractivity contribution < 1.29 is 17.6 Å². The van der Waals surface area contributed by atoms with E-state index >= 15 is 0 Å². The van der Waals surface area contributed by atoms with Gasteiger partial charge in [0.25, 0.3) is 0 Å². The second kappa shape index (κ2) is 7.44. The minimum atomic E-state index is -3.73. The normalized spacial score (nSPS) is 11.1. The average Bonchev–Trinajstić information content (AvgIpc) is 2.52. The summed E-state index contributed by atoms with van der Waals surface area (Å²) in [6.45, 7) is 1.59. The maximum Gasteiger partial charge on any atom is 0.245 e. The summed E-state index contributed by atoms with van der Waals surface area (Å²) in [5.74, 6) is -1.08. The van der Waals surface area contributed by atoms with Crippen LogP contribution in [0.2, 0.25) is 0 Å². The lowest BCUT2D eigenvalue weighted by Crippen LogP contribution is -2.37. The molecule has 24 heavy (non-hydrogen) atoms. The largest absolute Gasteiger partial charge is 0.325 e. The highest BCUT2D eigenvalue weighted by Gasteiger charge is 2.21. The Labute approximate surface area is 141 Å². The number of anilines is 2. The molecule has 0 saturated heterocycles. The predicted octanol–water partition coefficient (Wildman–Crippen LogP) is 2.79. The van der Waals surface area contributed by atoms with Gasteiger partial charge in [-0.3, -0.25) is 9.10 Å². The van der Waals surface area contributed by atoms with E-state index in [0.29, 0.717) is 5.69 Å². The Morgan fingerprint density at radius 2 is 1.83 bits per heavy atom. The van der Waals surface area contributed by atoms with Gasteiger partial charge in [0.2, 0.25) is 15.9 Å². The molecule has 0 radical (unpaired) electrons. The van der Waals surface area contributed by atoms with Gasteiger partial charge in [-0.1, -0.05) is 25.1 Å². The van der Waals surface area contributed by atoms with Crippen molar-refractivity contribution >= 4 is 27.3 Å². The Hall–Kier alpha value is -2.41. The molecule has 0 aromatic heterocycles. The van der Waals surface area contributed by atoms with Crippen LogP contribution in [0.4, 0.5) is 15.8 Å². The number of aryl methyl sites for hydroxylation is 1. The number of rotatable bonds is 6. The number of halogens is 1. The topological polar surface area (TPSA) is 66.5 Å². The lowest BCUT2D eigenvalue weighted by Gasteiger charge is -2.22. The molecule has 0 spiro atoms. The number of nitrogens with one attached hydrogen (secondary N) is 1. The Kier molecular flexibility index (Phi) is 5.56. The number of hydrogen-bond acceptors (Lipinski definition) is 3. The number of amides is 1. The molecule has 0 aliphatic heterocycles.